The van der Waals surface area contributed by atoms with Crippen molar-refractivity contribution in [2.24, 2.45) is 0 Å². The Hall–Kier alpha value is -3.33. The molecular formula is C24H24N2O. The van der Waals surface area contributed by atoms with Crippen molar-refractivity contribution in [3.05, 3.63) is 103 Å². The number of nitrogens with one attached hydrogen (secondary N) is 1. The minimum atomic E-state index is -0.465. The second-order valence-electron chi connectivity index (χ2n) is 6.18. The molecule has 27 heavy (non-hydrogen) atoms. The van der Waals surface area contributed by atoms with Gasteiger partial charge in [-0.1, -0.05) is 78.9 Å². The fourth-order valence-corrected chi connectivity index (χ4v) is 2.92. The molecule has 0 bridgehead atoms. The molecule has 1 N–H and O–H groups in total. The van der Waals surface area contributed by atoms with E-state index in [1.54, 1.807) is 4.90 Å². The van der Waals surface area contributed by atoms with Crippen LogP contribution in [0.15, 0.2) is 97.1 Å². The SMILES string of the molecule is CCN(C(=O)[C@H](/C=C/c1ccccc1)Nc1ccccc1)c1ccccc1. The molecule has 0 aliphatic rings. The molecule has 3 aromatic carbocycles. The van der Waals surface area contributed by atoms with Crippen LogP contribution in [0.2, 0.25) is 0 Å². The van der Waals surface area contributed by atoms with Crippen molar-refractivity contribution in [2.75, 3.05) is 16.8 Å². The molecule has 0 radical (unpaired) electrons. The molecule has 0 unspecified atom stereocenters. The highest BCUT2D eigenvalue weighted by Gasteiger charge is 2.22. The number of amides is 1. The van der Waals surface area contributed by atoms with E-state index in [-0.39, 0.29) is 5.91 Å². The largest absolute Gasteiger partial charge is 0.371 e. The summed E-state index contributed by atoms with van der Waals surface area (Å²) in [7, 11) is 0. The fraction of sp³-hybridized carbons (Fsp3) is 0.125. The van der Waals surface area contributed by atoms with E-state index in [1.165, 1.54) is 0 Å². The third-order valence-electron chi connectivity index (χ3n) is 4.29. The Kier molecular flexibility index (Phi) is 6.42. The predicted molar refractivity (Wildman–Crippen MR) is 114 cm³/mol. The number of rotatable bonds is 7. The minimum Gasteiger partial charge on any atom is -0.371 e. The van der Waals surface area contributed by atoms with Crippen LogP contribution in [0.4, 0.5) is 11.4 Å². The second kappa shape index (κ2) is 9.39. The summed E-state index contributed by atoms with van der Waals surface area (Å²) in [4.78, 5) is 15.1. The molecule has 0 aliphatic carbocycles. The van der Waals surface area contributed by atoms with Crippen LogP contribution in [0.3, 0.4) is 0 Å². The number of nitrogens with zero attached hydrogens (tertiary/aromatic N) is 1. The Morgan fingerprint density at radius 3 is 2.04 bits per heavy atom. The number of para-hydroxylation sites is 2. The van der Waals surface area contributed by atoms with Crippen LogP contribution in [0.5, 0.6) is 0 Å². The van der Waals surface area contributed by atoms with E-state index >= 15 is 0 Å². The van der Waals surface area contributed by atoms with E-state index in [0.29, 0.717) is 6.54 Å². The lowest BCUT2D eigenvalue weighted by Gasteiger charge is -2.26. The van der Waals surface area contributed by atoms with Crippen LogP contribution in [0.1, 0.15) is 12.5 Å². The molecule has 1 atom stereocenters. The van der Waals surface area contributed by atoms with Crippen LogP contribution in [0, 0.1) is 0 Å². The molecule has 3 heteroatoms. The van der Waals surface area contributed by atoms with Gasteiger partial charge in [0.2, 0.25) is 0 Å². The number of hydrogen-bond acceptors (Lipinski definition) is 2. The summed E-state index contributed by atoms with van der Waals surface area (Å²) in [6.45, 7) is 2.60. The maximum Gasteiger partial charge on any atom is 0.253 e. The summed E-state index contributed by atoms with van der Waals surface area (Å²) in [6, 6.07) is 29.1. The molecule has 3 aromatic rings. The molecule has 0 fully saturated rings. The van der Waals surface area contributed by atoms with E-state index < -0.39 is 6.04 Å². The molecule has 0 saturated heterocycles. The van der Waals surface area contributed by atoms with Crippen molar-refractivity contribution in [1.29, 1.82) is 0 Å². The highest BCUT2D eigenvalue weighted by atomic mass is 16.2. The third-order valence-corrected chi connectivity index (χ3v) is 4.29. The topological polar surface area (TPSA) is 32.3 Å². The lowest BCUT2D eigenvalue weighted by atomic mass is 10.1. The number of benzene rings is 3. The van der Waals surface area contributed by atoms with Gasteiger partial charge >= 0.3 is 0 Å². The van der Waals surface area contributed by atoms with E-state index in [2.05, 4.69) is 5.32 Å². The van der Waals surface area contributed by atoms with Gasteiger partial charge in [0.25, 0.3) is 5.91 Å². The first kappa shape index (κ1) is 18.5. The van der Waals surface area contributed by atoms with Crippen molar-refractivity contribution < 1.29 is 4.79 Å². The van der Waals surface area contributed by atoms with Gasteiger partial charge in [-0.2, -0.15) is 0 Å². The Morgan fingerprint density at radius 1 is 0.889 bits per heavy atom. The summed E-state index contributed by atoms with van der Waals surface area (Å²) in [6.07, 6.45) is 3.91. The Balaban J connectivity index is 1.87. The summed E-state index contributed by atoms with van der Waals surface area (Å²) in [5, 5.41) is 3.36. The average molecular weight is 356 g/mol. The second-order valence-corrected chi connectivity index (χ2v) is 6.18. The fourth-order valence-electron chi connectivity index (χ4n) is 2.92. The predicted octanol–water partition coefficient (Wildman–Crippen LogP) is 5.23. The molecule has 0 aliphatic heterocycles. The maximum absolute atomic E-state index is 13.3. The van der Waals surface area contributed by atoms with Crippen LogP contribution < -0.4 is 10.2 Å². The van der Waals surface area contributed by atoms with Crippen LogP contribution in [0.25, 0.3) is 6.08 Å². The Bertz CT molecular complexity index is 861. The van der Waals surface area contributed by atoms with Crippen molar-refractivity contribution in [3.63, 3.8) is 0 Å². The molecule has 0 spiro atoms. The normalized spacial score (nSPS) is 11.9. The van der Waals surface area contributed by atoms with Gasteiger partial charge in [0.05, 0.1) is 0 Å². The lowest BCUT2D eigenvalue weighted by molar-refractivity contribution is -0.118. The monoisotopic (exact) mass is 356 g/mol. The van der Waals surface area contributed by atoms with Gasteiger partial charge in [-0.05, 0) is 36.8 Å². The quantitative estimate of drug-likeness (QED) is 0.628. The van der Waals surface area contributed by atoms with Gasteiger partial charge in [0.15, 0.2) is 0 Å². The van der Waals surface area contributed by atoms with E-state index in [1.807, 2.05) is 110 Å². The lowest BCUT2D eigenvalue weighted by Crippen LogP contribution is -2.42. The molecule has 1 amide bonds. The van der Waals surface area contributed by atoms with E-state index in [0.717, 1.165) is 16.9 Å². The van der Waals surface area contributed by atoms with Crippen molar-refractivity contribution in [1.82, 2.24) is 0 Å². The van der Waals surface area contributed by atoms with Crippen molar-refractivity contribution >= 4 is 23.4 Å². The Labute approximate surface area is 161 Å². The van der Waals surface area contributed by atoms with Crippen molar-refractivity contribution in [3.8, 4) is 0 Å². The maximum atomic E-state index is 13.3. The van der Waals surface area contributed by atoms with Gasteiger partial charge in [-0.25, -0.2) is 0 Å². The number of carbonyl (C=O) groups excluding carboxylic acids is 1. The van der Waals surface area contributed by atoms with Gasteiger partial charge in [0.1, 0.15) is 6.04 Å². The first-order valence-electron chi connectivity index (χ1n) is 9.19. The summed E-state index contributed by atoms with van der Waals surface area (Å²) in [5.74, 6) is 0.0136. The zero-order valence-corrected chi connectivity index (χ0v) is 15.5. The van der Waals surface area contributed by atoms with Gasteiger partial charge in [-0.3, -0.25) is 4.79 Å². The van der Waals surface area contributed by atoms with Crippen molar-refractivity contribution in [2.45, 2.75) is 13.0 Å². The van der Waals surface area contributed by atoms with Crippen LogP contribution >= 0.6 is 0 Å². The highest BCUT2D eigenvalue weighted by molar-refractivity contribution is 6.00. The number of anilines is 2. The van der Waals surface area contributed by atoms with E-state index in [4.69, 9.17) is 0 Å². The van der Waals surface area contributed by atoms with Gasteiger partial charge in [0, 0.05) is 17.9 Å². The molecule has 3 nitrogen and oxygen atoms in total. The van der Waals surface area contributed by atoms with Crippen LogP contribution in [-0.4, -0.2) is 18.5 Å². The molecular weight excluding hydrogens is 332 g/mol. The zero-order valence-electron chi connectivity index (χ0n) is 15.5. The number of hydrogen-bond donors (Lipinski definition) is 1. The van der Waals surface area contributed by atoms with Crippen LogP contribution in [-0.2, 0) is 4.79 Å². The molecule has 3 rings (SSSR count). The first-order chi connectivity index (χ1) is 13.3. The average Bonchev–Trinajstić information content (AvgIpc) is 2.74. The first-order valence-corrected chi connectivity index (χ1v) is 9.19. The van der Waals surface area contributed by atoms with Gasteiger partial charge < -0.3 is 10.2 Å². The summed E-state index contributed by atoms with van der Waals surface area (Å²) in [5.41, 5.74) is 2.88. The van der Waals surface area contributed by atoms with Gasteiger partial charge in [-0.15, -0.1) is 0 Å². The van der Waals surface area contributed by atoms with E-state index in [9.17, 15) is 4.79 Å². The highest BCUT2D eigenvalue weighted by Crippen LogP contribution is 2.17. The number of likely N-dealkylation sites (N-methyl/N-ethyl adjacent to an activating group) is 1. The number of carbonyl (C=O) groups is 1. The Morgan fingerprint density at radius 2 is 1.44 bits per heavy atom. The molecule has 0 aromatic heterocycles. The standard InChI is InChI=1S/C24H24N2O/c1-2-26(22-16-10-5-11-17-22)24(27)23(25-21-14-8-4-9-15-21)19-18-20-12-6-3-7-13-20/h3-19,23,25H,2H2,1H3/b19-18+/t23-/m0/s1. The molecule has 136 valence electrons. The molecule has 0 saturated carbocycles. The molecule has 0 heterocycles. The minimum absolute atomic E-state index is 0.0136. The third kappa shape index (κ3) is 5.08. The summed E-state index contributed by atoms with van der Waals surface area (Å²) >= 11 is 0. The zero-order chi connectivity index (χ0) is 18.9. The summed E-state index contributed by atoms with van der Waals surface area (Å²) < 4.78 is 0. The smallest absolute Gasteiger partial charge is 0.253 e.